The lowest BCUT2D eigenvalue weighted by atomic mass is 10.0. The molecule has 8 heteroatoms. The minimum absolute atomic E-state index is 0.104. The van der Waals surface area contributed by atoms with Crippen LogP contribution in [-0.4, -0.2) is 59.9 Å². The lowest BCUT2D eigenvalue weighted by Crippen LogP contribution is -2.34. The van der Waals surface area contributed by atoms with Crippen LogP contribution >= 0.6 is 0 Å². The number of methoxy groups -OCH3 is 2. The van der Waals surface area contributed by atoms with E-state index < -0.39 is 0 Å². The molecule has 160 valence electrons. The predicted octanol–water partition coefficient (Wildman–Crippen LogP) is 1.75. The van der Waals surface area contributed by atoms with Crippen LogP contribution in [0.25, 0.3) is 0 Å². The average Bonchev–Trinajstić information content (AvgIpc) is 3.51. The van der Waals surface area contributed by atoms with Crippen LogP contribution in [0.3, 0.4) is 0 Å². The first kappa shape index (κ1) is 20.4. The van der Waals surface area contributed by atoms with E-state index in [9.17, 15) is 9.59 Å². The van der Waals surface area contributed by atoms with Gasteiger partial charge >= 0.3 is 5.97 Å². The van der Waals surface area contributed by atoms with Crippen molar-refractivity contribution in [3.05, 3.63) is 46.8 Å². The van der Waals surface area contributed by atoms with Crippen LogP contribution in [0.2, 0.25) is 0 Å². The second-order valence-corrected chi connectivity index (χ2v) is 7.88. The molecule has 0 atom stereocenters. The Morgan fingerprint density at radius 3 is 2.83 bits per heavy atom. The normalized spacial score (nSPS) is 16.1. The molecule has 4 rings (SSSR count). The number of nitrogens with one attached hydrogen (secondary N) is 1. The number of aromatic nitrogens is 2. The number of amides is 1. The number of hydrogen-bond donors (Lipinski definition) is 1. The second kappa shape index (κ2) is 8.87. The molecule has 1 aliphatic carbocycles. The van der Waals surface area contributed by atoms with Crippen molar-refractivity contribution >= 4 is 11.9 Å². The molecule has 1 N–H and O–H groups in total. The van der Waals surface area contributed by atoms with Crippen molar-refractivity contribution < 1.29 is 19.1 Å². The number of carbonyl (C=O) groups is 2. The van der Waals surface area contributed by atoms with E-state index in [1.165, 1.54) is 7.11 Å². The summed E-state index contributed by atoms with van der Waals surface area (Å²) < 4.78 is 12.0. The molecule has 8 nitrogen and oxygen atoms in total. The molecular formula is C22H28N4O4. The van der Waals surface area contributed by atoms with E-state index in [0.717, 1.165) is 48.4 Å². The standard InChI is InChI=1S/C22H28N4O4/c1-29-17-5-3-4-15(12-17)13-26-19-8-10-25(11-9-20(27)30-2)14-18(19)21(24-26)22(28)23-16-6-7-16/h3-5,12,16H,6-11,13-14H2,1-2H3,(H,23,28). The van der Waals surface area contributed by atoms with Crippen molar-refractivity contribution in [2.45, 2.75) is 44.8 Å². The van der Waals surface area contributed by atoms with Crippen molar-refractivity contribution in [2.75, 3.05) is 27.3 Å². The van der Waals surface area contributed by atoms with E-state index in [4.69, 9.17) is 14.6 Å². The monoisotopic (exact) mass is 412 g/mol. The maximum absolute atomic E-state index is 12.9. The fraction of sp³-hybridized carbons (Fsp3) is 0.500. The van der Waals surface area contributed by atoms with E-state index >= 15 is 0 Å². The number of ether oxygens (including phenoxy) is 2. The largest absolute Gasteiger partial charge is 0.497 e. The molecule has 0 unspecified atom stereocenters. The van der Waals surface area contributed by atoms with Gasteiger partial charge in [0, 0.05) is 43.4 Å². The van der Waals surface area contributed by atoms with E-state index in [2.05, 4.69) is 10.2 Å². The molecule has 1 aromatic heterocycles. The third-order valence-electron chi connectivity index (χ3n) is 5.67. The van der Waals surface area contributed by atoms with Crippen molar-refractivity contribution in [3.8, 4) is 5.75 Å². The van der Waals surface area contributed by atoms with Gasteiger partial charge in [-0.15, -0.1) is 0 Å². The Balaban J connectivity index is 1.58. The highest BCUT2D eigenvalue weighted by molar-refractivity contribution is 5.94. The number of hydrogen-bond acceptors (Lipinski definition) is 6. The molecule has 30 heavy (non-hydrogen) atoms. The van der Waals surface area contributed by atoms with Gasteiger partial charge in [0.1, 0.15) is 5.75 Å². The minimum Gasteiger partial charge on any atom is -0.497 e. The SMILES string of the molecule is COC(=O)CCN1CCc2c(c(C(=O)NC3CC3)nn2Cc2cccc(OC)c2)C1. The molecule has 1 aliphatic heterocycles. The number of benzene rings is 1. The summed E-state index contributed by atoms with van der Waals surface area (Å²) in [6, 6.07) is 8.17. The summed E-state index contributed by atoms with van der Waals surface area (Å²) in [7, 11) is 3.05. The van der Waals surface area contributed by atoms with Gasteiger partial charge in [-0.3, -0.25) is 19.2 Å². The van der Waals surface area contributed by atoms with Gasteiger partial charge in [0.25, 0.3) is 5.91 Å². The lowest BCUT2D eigenvalue weighted by Gasteiger charge is -2.27. The van der Waals surface area contributed by atoms with Gasteiger partial charge in [0.05, 0.1) is 27.2 Å². The zero-order valence-corrected chi connectivity index (χ0v) is 17.5. The fourth-order valence-electron chi connectivity index (χ4n) is 3.83. The summed E-state index contributed by atoms with van der Waals surface area (Å²) in [6.07, 6.45) is 3.19. The fourth-order valence-corrected chi connectivity index (χ4v) is 3.83. The smallest absolute Gasteiger partial charge is 0.306 e. The van der Waals surface area contributed by atoms with Crippen LogP contribution < -0.4 is 10.1 Å². The van der Waals surface area contributed by atoms with E-state index in [-0.39, 0.29) is 17.9 Å². The highest BCUT2D eigenvalue weighted by atomic mass is 16.5. The maximum Gasteiger partial charge on any atom is 0.306 e. The molecule has 1 saturated carbocycles. The highest BCUT2D eigenvalue weighted by Gasteiger charge is 2.31. The average molecular weight is 412 g/mol. The molecule has 2 aromatic rings. The third kappa shape index (κ3) is 4.64. The van der Waals surface area contributed by atoms with Gasteiger partial charge < -0.3 is 14.8 Å². The predicted molar refractivity (Wildman–Crippen MR) is 110 cm³/mol. The summed E-state index contributed by atoms with van der Waals surface area (Å²) in [6.45, 7) is 2.62. The van der Waals surface area contributed by atoms with Gasteiger partial charge in [-0.25, -0.2) is 0 Å². The van der Waals surface area contributed by atoms with Crippen molar-refractivity contribution in [2.24, 2.45) is 0 Å². The van der Waals surface area contributed by atoms with Crippen LogP contribution in [0.15, 0.2) is 24.3 Å². The molecular weight excluding hydrogens is 384 g/mol. The first-order valence-corrected chi connectivity index (χ1v) is 10.4. The van der Waals surface area contributed by atoms with Crippen molar-refractivity contribution in [1.29, 1.82) is 0 Å². The van der Waals surface area contributed by atoms with Crippen LogP contribution in [0.1, 0.15) is 46.6 Å². The molecule has 1 fully saturated rings. The minimum atomic E-state index is -0.221. The Bertz CT molecular complexity index is 935. The number of carbonyl (C=O) groups excluding carboxylic acids is 2. The number of nitrogens with zero attached hydrogens (tertiary/aromatic N) is 3. The maximum atomic E-state index is 12.9. The summed E-state index contributed by atoms with van der Waals surface area (Å²) in [4.78, 5) is 26.6. The van der Waals surface area contributed by atoms with Crippen molar-refractivity contribution in [3.63, 3.8) is 0 Å². The van der Waals surface area contributed by atoms with Crippen molar-refractivity contribution in [1.82, 2.24) is 20.0 Å². The summed E-state index contributed by atoms with van der Waals surface area (Å²) in [5.74, 6) is 0.475. The molecule has 0 saturated heterocycles. The van der Waals surface area contributed by atoms with E-state index in [1.54, 1.807) is 7.11 Å². The molecule has 2 heterocycles. The molecule has 0 radical (unpaired) electrons. The quantitative estimate of drug-likeness (QED) is 0.665. The molecule has 0 spiro atoms. The van der Waals surface area contributed by atoms with Gasteiger partial charge in [0.15, 0.2) is 5.69 Å². The summed E-state index contributed by atoms with van der Waals surface area (Å²) in [5.41, 5.74) is 3.63. The first-order valence-electron chi connectivity index (χ1n) is 10.4. The molecule has 1 amide bonds. The van der Waals surface area contributed by atoms with Gasteiger partial charge in [-0.05, 0) is 30.5 Å². The van der Waals surface area contributed by atoms with Crippen LogP contribution in [0.5, 0.6) is 5.75 Å². The number of esters is 1. The second-order valence-electron chi connectivity index (χ2n) is 7.88. The Labute approximate surface area is 176 Å². The summed E-state index contributed by atoms with van der Waals surface area (Å²) in [5, 5.41) is 7.78. The lowest BCUT2D eigenvalue weighted by molar-refractivity contribution is -0.141. The van der Waals surface area contributed by atoms with E-state index in [0.29, 0.717) is 31.7 Å². The Morgan fingerprint density at radius 2 is 2.10 bits per heavy atom. The van der Waals surface area contributed by atoms with Gasteiger partial charge in [-0.1, -0.05) is 12.1 Å². The Kier molecular flexibility index (Phi) is 6.03. The number of rotatable bonds is 8. The first-order chi connectivity index (χ1) is 14.6. The zero-order valence-electron chi connectivity index (χ0n) is 17.5. The highest BCUT2D eigenvalue weighted by Crippen LogP contribution is 2.26. The van der Waals surface area contributed by atoms with E-state index in [1.807, 2.05) is 28.9 Å². The Morgan fingerprint density at radius 1 is 1.27 bits per heavy atom. The molecule has 2 aliphatic rings. The van der Waals surface area contributed by atoms with Gasteiger partial charge in [-0.2, -0.15) is 5.10 Å². The molecule has 0 bridgehead atoms. The molecule has 1 aromatic carbocycles. The van der Waals surface area contributed by atoms with Crippen LogP contribution in [0, 0.1) is 0 Å². The van der Waals surface area contributed by atoms with Gasteiger partial charge in [0.2, 0.25) is 0 Å². The third-order valence-corrected chi connectivity index (χ3v) is 5.67. The Hall–Kier alpha value is -2.87. The van der Waals surface area contributed by atoms with Crippen LogP contribution in [0.4, 0.5) is 0 Å². The number of fused-ring (bicyclic) bond motifs is 1. The topological polar surface area (TPSA) is 85.7 Å². The van der Waals surface area contributed by atoms with Crippen LogP contribution in [-0.2, 0) is 29.0 Å². The zero-order chi connectivity index (χ0) is 21.1. The summed E-state index contributed by atoms with van der Waals surface area (Å²) >= 11 is 0.